The molecule has 0 amide bonds. The molecule has 1 N–H and O–H groups in total. The fraction of sp³-hybridized carbons (Fsp3) is 0.231. The molecule has 1 aliphatic carbocycles. The van der Waals surface area contributed by atoms with Crippen molar-refractivity contribution >= 4 is 5.78 Å². The molecular formula is C13H12N2O. The molecule has 0 fully saturated rings. The molecule has 1 atom stereocenters. The van der Waals surface area contributed by atoms with Crippen molar-refractivity contribution < 1.29 is 4.79 Å². The lowest BCUT2D eigenvalue weighted by Crippen LogP contribution is -2.17. The molecule has 0 bridgehead atoms. The Hall–Kier alpha value is -1.90. The van der Waals surface area contributed by atoms with E-state index in [-0.39, 0.29) is 5.78 Å². The number of aromatic nitrogens is 2. The summed E-state index contributed by atoms with van der Waals surface area (Å²) in [6.45, 7) is 0. The molecule has 1 aromatic heterocycles. The summed E-state index contributed by atoms with van der Waals surface area (Å²) < 4.78 is 0. The van der Waals surface area contributed by atoms with E-state index in [1.165, 1.54) is 5.56 Å². The average Bonchev–Trinajstić information content (AvgIpc) is 2.79. The Morgan fingerprint density at radius 3 is 2.81 bits per heavy atom. The van der Waals surface area contributed by atoms with Gasteiger partial charge in [-0.25, -0.2) is 0 Å². The minimum atomic E-state index is 0.198. The Bertz CT molecular complexity index is 516. The highest BCUT2D eigenvalue weighted by Gasteiger charge is 2.27. The third kappa shape index (κ3) is 1.45. The normalized spacial score (nSPS) is 19.5. The van der Waals surface area contributed by atoms with Gasteiger partial charge in [0.05, 0.1) is 11.8 Å². The van der Waals surface area contributed by atoms with Gasteiger partial charge >= 0.3 is 0 Å². The molecule has 16 heavy (non-hydrogen) atoms. The van der Waals surface area contributed by atoms with Gasteiger partial charge in [0.2, 0.25) is 0 Å². The van der Waals surface area contributed by atoms with E-state index in [1.807, 2.05) is 18.2 Å². The number of fused-ring (bicyclic) bond motifs is 1. The van der Waals surface area contributed by atoms with E-state index >= 15 is 0 Å². The predicted molar refractivity (Wildman–Crippen MR) is 60.4 cm³/mol. The molecule has 3 nitrogen and oxygen atoms in total. The van der Waals surface area contributed by atoms with Crippen LogP contribution in [0.2, 0.25) is 0 Å². The highest BCUT2D eigenvalue weighted by atomic mass is 16.1. The number of rotatable bonds is 1. The van der Waals surface area contributed by atoms with Crippen LogP contribution >= 0.6 is 0 Å². The van der Waals surface area contributed by atoms with Gasteiger partial charge in [0.15, 0.2) is 5.78 Å². The van der Waals surface area contributed by atoms with Gasteiger partial charge in [0.1, 0.15) is 0 Å². The van der Waals surface area contributed by atoms with E-state index < -0.39 is 0 Å². The second-order valence-electron chi connectivity index (χ2n) is 4.20. The molecule has 0 saturated carbocycles. The lowest BCUT2D eigenvalue weighted by molar-refractivity contribution is 0.0964. The number of nitrogens with zero attached hydrogens (tertiary/aromatic N) is 1. The van der Waals surface area contributed by atoms with E-state index in [1.54, 1.807) is 6.20 Å². The monoisotopic (exact) mass is 212 g/mol. The Kier molecular flexibility index (Phi) is 2.10. The lowest BCUT2D eigenvalue weighted by atomic mass is 9.83. The molecule has 1 heterocycles. The molecule has 80 valence electrons. The number of benzene rings is 1. The highest BCUT2D eigenvalue weighted by Crippen LogP contribution is 2.31. The zero-order chi connectivity index (χ0) is 11.0. The zero-order valence-electron chi connectivity index (χ0n) is 8.81. The summed E-state index contributed by atoms with van der Waals surface area (Å²) in [5, 5.41) is 6.85. The first-order chi connectivity index (χ1) is 7.84. The Morgan fingerprint density at radius 2 is 2.00 bits per heavy atom. The summed E-state index contributed by atoms with van der Waals surface area (Å²) in [6.07, 6.45) is 3.11. The number of aromatic amines is 1. The van der Waals surface area contributed by atoms with E-state index in [2.05, 4.69) is 22.3 Å². The Morgan fingerprint density at radius 1 is 1.19 bits per heavy atom. The first-order valence-electron chi connectivity index (χ1n) is 5.45. The fourth-order valence-corrected chi connectivity index (χ4v) is 2.32. The maximum Gasteiger partial charge on any atom is 0.166 e. The minimum absolute atomic E-state index is 0.198. The van der Waals surface area contributed by atoms with Crippen LogP contribution in [0.1, 0.15) is 34.0 Å². The van der Waals surface area contributed by atoms with Crippen molar-refractivity contribution in [3.63, 3.8) is 0 Å². The number of hydrogen-bond donors (Lipinski definition) is 1. The molecule has 1 aliphatic rings. The van der Waals surface area contributed by atoms with Crippen LogP contribution < -0.4 is 0 Å². The molecule has 0 spiro atoms. The maximum atomic E-state index is 11.9. The van der Waals surface area contributed by atoms with Crippen molar-refractivity contribution in [3.8, 4) is 0 Å². The van der Waals surface area contributed by atoms with Crippen LogP contribution in [-0.2, 0) is 6.42 Å². The van der Waals surface area contributed by atoms with E-state index in [0.29, 0.717) is 12.3 Å². The number of hydrogen-bond acceptors (Lipinski definition) is 2. The smallest absolute Gasteiger partial charge is 0.166 e. The van der Waals surface area contributed by atoms with Crippen LogP contribution in [0.4, 0.5) is 0 Å². The van der Waals surface area contributed by atoms with Crippen LogP contribution in [0.3, 0.4) is 0 Å². The fourth-order valence-electron chi connectivity index (χ4n) is 2.32. The van der Waals surface area contributed by atoms with Crippen LogP contribution in [-0.4, -0.2) is 16.0 Å². The molecular weight excluding hydrogens is 200 g/mol. The predicted octanol–water partition coefficient (Wildman–Crippen LogP) is 2.32. The summed E-state index contributed by atoms with van der Waals surface area (Å²) in [5.74, 6) is 0.491. The van der Waals surface area contributed by atoms with Gasteiger partial charge in [-0.05, 0) is 17.9 Å². The molecule has 0 aliphatic heterocycles. The third-order valence-corrected chi connectivity index (χ3v) is 3.17. The van der Waals surface area contributed by atoms with Crippen LogP contribution in [0.5, 0.6) is 0 Å². The van der Waals surface area contributed by atoms with E-state index in [4.69, 9.17) is 0 Å². The second-order valence-corrected chi connectivity index (χ2v) is 4.20. The number of nitrogens with one attached hydrogen (secondary N) is 1. The molecule has 0 radical (unpaired) electrons. The van der Waals surface area contributed by atoms with Crippen molar-refractivity contribution in [1.29, 1.82) is 0 Å². The maximum absolute atomic E-state index is 11.9. The van der Waals surface area contributed by atoms with Crippen LogP contribution in [0.25, 0.3) is 0 Å². The van der Waals surface area contributed by atoms with E-state index in [0.717, 1.165) is 17.7 Å². The summed E-state index contributed by atoms with van der Waals surface area (Å²) in [4.78, 5) is 11.9. The average molecular weight is 212 g/mol. The zero-order valence-corrected chi connectivity index (χ0v) is 8.81. The summed E-state index contributed by atoms with van der Waals surface area (Å²) >= 11 is 0. The first-order valence-corrected chi connectivity index (χ1v) is 5.45. The number of ketones is 1. The highest BCUT2D eigenvalue weighted by molar-refractivity contribution is 5.98. The van der Waals surface area contributed by atoms with Gasteiger partial charge in [0, 0.05) is 12.1 Å². The van der Waals surface area contributed by atoms with Crippen LogP contribution in [0, 0.1) is 0 Å². The molecule has 2 aromatic rings. The largest absolute Gasteiger partial charge is 0.294 e. The minimum Gasteiger partial charge on any atom is -0.294 e. The van der Waals surface area contributed by atoms with Crippen molar-refractivity contribution in [2.24, 2.45) is 0 Å². The van der Waals surface area contributed by atoms with E-state index in [9.17, 15) is 4.79 Å². The van der Waals surface area contributed by atoms with Gasteiger partial charge in [0.25, 0.3) is 0 Å². The molecule has 0 saturated heterocycles. The van der Waals surface area contributed by atoms with Gasteiger partial charge in [-0.15, -0.1) is 0 Å². The van der Waals surface area contributed by atoms with Crippen molar-refractivity contribution in [1.82, 2.24) is 10.2 Å². The number of Topliss-reactive ketones (excluding diaryl/α,β-unsaturated/α-hetero) is 1. The summed E-state index contributed by atoms with van der Waals surface area (Å²) in [5.41, 5.74) is 2.98. The lowest BCUT2D eigenvalue weighted by Gasteiger charge is -2.20. The Balaban J connectivity index is 1.95. The topological polar surface area (TPSA) is 45.8 Å². The molecule has 3 rings (SSSR count). The van der Waals surface area contributed by atoms with Crippen LogP contribution in [0.15, 0.2) is 36.5 Å². The van der Waals surface area contributed by atoms with Gasteiger partial charge in [-0.2, -0.15) is 5.10 Å². The van der Waals surface area contributed by atoms with Crippen molar-refractivity contribution in [2.45, 2.75) is 18.8 Å². The quantitative estimate of drug-likeness (QED) is 0.788. The number of carbonyl (C=O) groups excluding carboxylic acids is 1. The van der Waals surface area contributed by atoms with Crippen molar-refractivity contribution in [2.75, 3.05) is 0 Å². The molecule has 1 aromatic carbocycles. The standard InChI is InChI=1S/C13H12N2O/c16-13-7-10(9-4-2-1-3-5-9)6-12-11(13)8-14-15-12/h1-5,8,10H,6-7H2,(H,14,15)/t10-/m1/s1. The second kappa shape index (κ2) is 3.59. The number of H-pyrrole nitrogens is 1. The summed E-state index contributed by atoms with van der Waals surface area (Å²) in [6, 6.07) is 10.2. The van der Waals surface area contributed by atoms with Gasteiger partial charge < -0.3 is 0 Å². The molecule has 0 unspecified atom stereocenters. The third-order valence-electron chi connectivity index (χ3n) is 3.17. The van der Waals surface area contributed by atoms with Gasteiger partial charge in [-0.1, -0.05) is 30.3 Å². The first kappa shape index (κ1) is 9.33. The summed E-state index contributed by atoms with van der Waals surface area (Å²) in [7, 11) is 0. The SMILES string of the molecule is O=C1C[C@H](c2ccccc2)Cc2[nH]ncc21. The number of carbonyl (C=O) groups is 1. The van der Waals surface area contributed by atoms with Gasteiger partial charge in [-0.3, -0.25) is 9.89 Å². The molecule has 3 heteroatoms. The van der Waals surface area contributed by atoms with Crippen molar-refractivity contribution in [3.05, 3.63) is 53.3 Å². The Labute approximate surface area is 93.5 Å².